The predicted octanol–water partition coefficient (Wildman–Crippen LogP) is 11.0. The van der Waals surface area contributed by atoms with Crippen molar-refractivity contribution in [1.82, 2.24) is 0 Å². The Balaban J connectivity index is 0.00000161. The van der Waals surface area contributed by atoms with Crippen LogP contribution in [0.15, 0.2) is 0 Å². The molecule has 0 heteroatoms. The molecule has 0 saturated heterocycles. The van der Waals surface area contributed by atoms with E-state index in [4.69, 9.17) is 0 Å². The van der Waals surface area contributed by atoms with Gasteiger partial charge in [-0.3, -0.25) is 0 Å². The van der Waals surface area contributed by atoms with E-state index >= 15 is 0 Å². The maximum Gasteiger partial charge on any atom is -0.0326 e. The van der Waals surface area contributed by atoms with Crippen molar-refractivity contribution in [2.75, 3.05) is 0 Å². The molecule has 0 aliphatic heterocycles. The fourth-order valence-corrected chi connectivity index (χ4v) is 5.85. The summed E-state index contributed by atoms with van der Waals surface area (Å²) in [6, 6.07) is 0. The Bertz CT molecular complexity index is 431. The molecule has 0 heterocycles. The first-order chi connectivity index (χ1) is 14.1. The third-order valence-electron chi connectivity index (χ3n) is 8.35. The van der Waals surface area contributed by atoms with Gasteiger partial charge in [0.2, 0.25) is 0 Å². The summed E-state index contributed by atoms with van der Waals surface area (Å²) in [5.74, 6) is 6.19. The Morgan fingerprint density at radius 3 is 1.87 bits per heavy atom. The molecule has 0 nitrogen and oxygen atoms in total. The van der Waals surface area contributed by atoms with Crippen LogP contribution in [0.2, 0.25) is 0 Å². The molecule has 0 radical (unpaired) electrons. The van der Waals surface area contributed by atoms with Gasteiger partial charge in [-0.05, 0) is 65.1 Å². The highest BCUT2D eigenvalue weighted by Crippen LogP contribution is 2.51. The minimum atomic E-state index is 0.500. The van der Waals surface area contributed by atoms with Gasteiger partial charge in [0.25, 0.3) is 0 Å². The summed E-state index contributed by atoms with van der Waals surface area (Å²) in [7, 11) is 0. The summed E-state index contributed by atoms with van der Waals surface area (Å²) in [5.41, 5.74) is 1.03. The number of hydrogen-bond donors (Lipinski definition) is 0. The van der Waals surface area contributed by atoms with Gasteiger partial charge in [0.05, 0.1) is 0 Å². The Hall–Kier alpha value is 0. The van der Waals surface area contributed by atoms with Crippen LogP contribution < -0.4 is 0 Å². The third kappa shape index (κ3) is 12.7. The molecule has 1 aliphatic carbocycles. The van der Waals surface area contributed by atoms with Gasteiger partial charge in [-0.15, -0.1) is 0 Å². The van der Waals surface area contributed by atoms with Gasteiger partial charge in [0, 0.05) is 0 Å². The molecule has 0 spiro atoms. The van der Waals surface area contributed by atoms with Crippen molar-refractivity contribution >= 4 is 0 Å². The van der Waals surface area contributed by atoms with E-state index in [1.165, 1.54) is 57.8 Å². The minimum absolute atomic E-state index is 0.500. The maximum atomic E-state index is 2.61. The van der Waals surface area contributed by atoms with Crippen molar-refractivity contribution in [3.05, 3.63) is 0 Å². The Morgan fingerprint density at radius 1 is 0.839 bits per heavy atom. The summed E-state index contributed by atoms with van der Waals surface area (Å²) >= 11 is 0. The smallest absolute Gasteiger partial charge is 0.0326 e. The zero-order valence-electron chi connectivity index (χ0n) is 24.4. The summed E-state index contributed by atoms with van der Waals surface area (Å²) < 4.78 is 0. The lowest BCUT2D eigenvalue weighted by atomic mass is 9.56. The van der Waals surface area contributed by atoms with E-state index in [2.05, 4.69) is 90.0 Å². The molecule has 188 valence electrons. The van der Waals surface area contributed by atoms with E-state index < -0.39 is 0 Å². The molecular weight excluding hydrogens is 372 g/mol. The second kappa shape index (κ2) is 14.3. The van der Waals surface area contributed by atoms with Gasteiger partial charge in [-0.2, -0.15) is 0 Å². The van der Waals surface area contributed by atoms with Crippen LogP contribution in [0.5, 0.6) is 0 Å². The largest absolute Gasteiger partial charge is 0.0654 e. The highest BCUT2D eigenvalue weighted by Gasteiger charge is 2.43. The van der Waals surface area contributed by atoms with Gasteiger partial charge < -0.3 is 0 Å². The summed E-state index contributed by atoms with van der Waals surface area (Å²) in [4.78, 5) is 0. The van der Waals surface area contributed by atoms with Crippen molar-refractivity contribution in [3.8, 4) is 0 Å². The molecule has 1 fully saturated rings. The van der Waals surface area contributed by atoms with Crippen molar-refractivity contribution in [2.45, 2.75) is 148 Å². The number of unbranched alkanes of at least 4 members (excludes halogenated alkanes) is 2. The zero-order chi connectivity index (χ0) is 24.4. The fourth-order valence-electron chi connectivity index (χ4n) is 5.85. The van der Waals surface area contributed by atoms with E-state index in [-0.39, 0.29) is 0 Å². The standard InChI is InChI=1S/C26H52.C5H12/c1-10-11-12-14-20(4)22(6)25(21(5)17-16-19(2)3)24-15-13-18-26(8,9)23(24)7;1-5(2,3)4/h19-25H,10-18H2,1-9H3;1-4H3. The normalized spacial score (nSPS) is 25.4. The molecule has 1 aliphatic rings. The first kappa shape index (κ1) is 31.0. The topological polar surface area (TPSA) is 0 Å². The van der Waals surface area contributed by atoms with Gasteiger partial charge >= 0.3 is 0 Å². The first-order valence-corrected chi connectivity index (χ1v) is 14.1. The minimum Gasteiger partial charge on any atom is -0.0654 e. The maximum absolute atomic E-state index is 2.61. The van der Waals surface area contributed by atoms with E-state index in [0.717, 1.165) is 41.4 Å². The van der Waals surface area contributed by atoms with Crippen molar-refractivity contribution in [3.63, 3.8) is 0 Å². The molecule has 0 amide bonds. The lowest BCUT2D eigenvalue weighted by molar-refractivity contribution is -0.00311. The summed E-state index contributed by atoms with van der Waals surface area (Å²) in [6.45, 7) is 31.3. The molecule has 0 aromatic carbocycles. The van der Waals surface area contributed by atoms with Crippen LogP contribution in [0.25, 0.3) is 0 Å². The Morgan fingerprint density at radius 2 is 1.39 bits per heavy atom. The SMILES string of the molecule is CC(C)(C)C.CCCCCC(C)C(C)C(C(C)CCC(C)C)C1CCCC(C)(C)C1C. The molecule has 6 atom stereocenters. The Labute approximate surface area is 200 Å². The zero-order valence-corrected chi connectivity index (χ0v) is 24.4. The predicted molar refractivity (Wildman–Crippen MR) is 145 cm³/mol. The van der Waals surface area contributed by atoms with Crippen LogP contribution in [0.3, 0.4) is 0 Å². The van der Waals surface area contributed by atoms with Crippen molar-refractivity contribution in [2.24, 2.45) is 52.3 Å². The molecule has 31 heavy (non-hydrogen) atoms. The average molecular weight is 437 g/mol. The van der Waals surface area contributed by atoms with Gasteiger partial charge in [0.15, 0.2) is 0 Å². The van der Waals surface area contributed by atoms with Crippen LogP contribution in [0.4, 0.5) is 0 Å². The van der Waals surface area contributed by atoms with Crippen LogP contribution >= 0.6 is 0 Å². The van der Waals surface area contributed by atoms with Crippen LogP contribution in [-0.2, 0) is 0 Å². The molecule has 1 saturated carbocycles. The molecule has 0 aromatic heterocycles. The summed E-state index contributed by atoms with van der Waals surface area (Å²) in [5, 5.41) is 0. The van der Waals surface area contributed by atoms with E-state index in [1.54, 1.807) is 0 Å². The lowest BCUT2D eigenvalue weighted by Crippen LogP contribution is -2.42. The molecular formula is C31H64. The quantitative estimate of drug-likeness (QED) is 0.282. The molecule has 0 aromatic rings. The fraction of sp³-hybridized carbons (Fsp3) is 1.00. The number of rotatable bonds is 11. The highest BCUT2D eigenvalue weighted by molar-refractivity contribution is 4.92. The second-order valence-electron chi connectivity index (χ2n) is 14.2. The molecule has 1 rings (SSSR count). The van der Waals surface area contributed by atoms with Crippen LogP contribution in [0, 0.1) is 52.3 Å². The van der Waals surface area contributed by atoms with E-state index in [1.807, 2.05) is 0 Å². The third-order valence-corrected chi connectivity index (χ3v) is 8.35. The average Bonchev–Trinajstić information content (AvgIpc) is 2.62. The molecule has 0 bridgehead atoms. The monoisotopic (exact) mass is 437 g/mol. The first-order valence-electron chi connectivity index (χ1n) is 14.1. The van der Waals surface area contributed by atoms with Crippen LogP contribution in [0.1, 0.15) is 148 Å². The van der Waals surface area contributed by atoms with Crippen molar-refractivity contribution in [1.29, 1.82) is 0 Å². The lowest BCUT2D eigenvalue weighted by Gasteiger charge is -2.49. The van der Waals surface area contributed by atoms with Gasteiger partial charge in [0.1, 0.15) is 0 Å². The molecule has 0 N–H and O–H groups in total. The highest BCUT2D eigenvalue weighted by atomic mass is 14.5. The second-order valence-corrected chi connectivity index (χ2v) is 14.2. The summed E-state index contributed by atoms with van der Waals surface area (Å²) in [6.07, 6.45) is 12.8. The number of hydrogen-bond acceptors (Lipinski definition) is 0. The van der Waals surface area contributed by atoms with E-state index in [9.17, 15) is 0 Å². The van der Waals surface area contributed by atoms with Gasteiger partial charge in [-0.1, -0.05) is 135 Å². The van der Waals surface area contributed by atoms with Crippen LogP contribution in [-0.4, -0.2) is 0 Å². The van der Waals surface area contributed by atoms with Gasteiger partial charge in [-0.25, -0.2) is 0 Å². The Kier molecular flexibility index (Phi) is 14.3. The molecule has 6 unspecified atom stereocenters. The van der Waals surface area contributed by atoms with E-state index in [0.29, 0.717) is 10.8 Å². The van der Waals surface area contributed by atoms with Crippen molar-refractivity contribution < 1.29 is 0 Å².